The molecule has 0 aromatic carbocycles. The van der Waals surface area contributed by atoms with E-state index < -0.39 is 0 Å². The fourth-order valence-corrected chi connectivity index (χ4v) is 1.65. The Morgan fingerprint density at radius 2 is 2.28 bits per heavy atom. The molecular weight excluding hydrogens is 230 g/mol. The Bertz CT molecular complexity index is 330. The predicted molar refractivity (Wildman–Crippen MR) is 74.2 cm³/mol. The summed E-state index contributed by atoms with van der Waals surface area (Å²) in [6.07, 6.45) is 2.79. The van der Waals surface area contributed by atoms with Gasteiger partial charge in [0.2, 0.25) is 0 Å². The van der Waals surface area contributed by atoms with E-state index in [4.69, 9.17) is 9.84 Å². The number of hydrogen-bond acceptors (Lipinski definition) is 5. The fraction of sp³-hybridized carbons (Fsp3) is 0.615. The van der Waals surface area contributed by atoms with Crippen LogP contribution in [0.5, 0.6) is 0 Å². The number of likely N-dealkylation sites (N-methyl/N-ethyl adjacent to an activating group) is 1. The van der Waals surface area contributed by atoms with Crippen molar-refractivity contribution >= 4 is 11.5 Å². The zero-order valence-corrected chi connectivity index (χ0v) is 11.4. The third kappa shape index (κ3) is 4.50. The summed E-state index contributed by atoms with van der Waals surface area (Å²) in [4.78, 5) is 6.32. The zero-order chi connectivity index (χ0) is 13.4. The van der Waals surface area contributed by atoms with Gasteiger partial charge in [-0.2, -0.15) is 0 Å². The van der Waals surface area contributed by atoms with Gasteiger partial charge in [0.1, 0.15) is 5.82 Å². The number of aliphatic hydroxyl groups excluding tert-OH is 1. The maximum absolute atomic E-state index is 8.87. The Labute approximate surface area is 109 Å². The number of ether oxygens (including phenoxy) is 1. The molecular formula is C13H23N3O2. The van der Waals surface area contributed by atoms with Crippen LogP contribution in [0.4, 0.5) is 11.5 Å². The molecule has 1 unspecified atom stereocenters. The van der Waals surface area contributed by atoms with Crippen molar-refractivity contribution in [1.29, 1.82) is 0 Å². The van der Waals surface area contributed by atoms with E-state index in [1.807, 2.05) is 24.1 Å². The molecule has 5 heteroatoms. The van der Waals surface area contributed by atoms with Crippen molar-refractivity contribution in [2.45, 2.75) is 19.4 Å². The van der Waals surface area contributed by atoms with E-state index in [1.165, 1.54) is 0 Å². The van der Waals surface area contributed by atoms with Crippen LogP contribution >= 0.6 is 0 Å². The van der Waals surface area contributed by atoms with Crippen molar-refractivity contribution in [3.05, 3.63) is 18.3 Å². The van der Waals surface area contributed by atoms with Gasteiger partial charge in [0.25, 0.3) is 0 Å². The zero-order valence-electron chi connectivity index (χ0n) is 11.4. The van der Waals surface area contributed by atoms with Crippen LogP contribution in [0.3, 0.4) is 0 Å². The number of pyridine rings is 1. The lowest BCUT2D eigenvalue weighted by molar-refractivity contribution is 0.184. The Balaban J connectivity index is 2.59. The first kappa shape index (κ1) is 14.7. The van der Waals surface area contributed by atoms with Crippen molar-refractivity contribution < 1.29 is 9.84 Å². The van der Waals surface area contributed by atoms with Crippen LogP contribution in [-0.4, -0.2) is 50.0 Å². The molecule has 0 radical (unpaired) electrons. The lowest BCUT2D eigenvalue weighted by atomic mass is 10.2. The minimum atomic E-state index is 0.141. The highest BCUT2D eigenvalue weighted by Gasteiger charge is 2.06. The highest BCUT2D eigenvalue weighted by atomic mass is 16.5. The third-order valence-electron chi connectivity index (χ3n) is 2.84. The fourth-order valence-electron chi connectivity index (χ4n) is 1.65. The van der Waals surface area contributed by atoms with Crippen molar-refractivity contribution in [3.63, 3.8) is 0 Å². The number of nitrogens with one attached hydrogen (secondary N) is 1. The number of anilines is 2. The molecule has 0 aliphatic heterocycles. The number of aliphatic hydroxyl groups is 1. The van der Waals surface area contributed by atoms with E-state index in [2.05, 4.69) is 17.2 Å². The molecule has 1 rings (SSSR count). The van der Waals surface area contributed by atoms with E-state index in [0.29, 0.717) is 13.2 Å². The first-order chi connectivity index (χ1) is 8.71. The molecule has 18 heavy (non-hydrogen) atoms. The summed E-state index contributed by atoms with van der Waals surface area (Å²) < 4.78 is 5.13. The lowest BCUT2D eigenvalue weighted by Crippen LogP contribution is -2.25. The Morgan fingerprint density at radius 3 is 2.78 bits per heavy atom. The maximum Gasteiger partial charge on any atom is 0.126 e. The first-order valence-corrected chi connectivity index (χ1v) is 6.24. The molecule has 0 bridgehead atoms. The van der Waals surface area contributed by atoms with Crippen molar-refractivity contribution in [3.8, 4) is 0 Å². The van der Waals surface area contributed by atoms with Gasteiger partial charge in [-0.05, 0) is 18.6 Å². The summed E-state index contributed by atoms with van der Waals surface area (Å²) in [6.45, 7) is 3.53. The minimum absolute atomic E-state index is 0.141. The van der Waals surface area contributed by atoms with Crippen LogP contribution < -0.4 is 10.2 Å². The molecule has 1 heterocycles. The quantitative estimate of drug-likeness (QED) is 0.732. The molecule has 0 fully saturated rings. The van der Waals surface area contributed by atoms with Gasteiger partial charge in [0.05, 0.1) is 31.1 Å². The van der Waals surface area contributed by atoms with Crippen molar-refractivity contribution in [2.24, 2.45) is 0 Å². The van der Waals surface area contributed by atoms with Gasteiger partial charge >= 0.3 is 0 Å². The van der Waals surface area contributed by atoms with Crippen molar-refractivity contribution in [2.75, 3.05) is 44.1 Å². The molecule has 0 aliphatic rings. The van der Waals surface area contributed by atoms with Gasteiger partial charge in [-0.25, -0.2) is 4.98 Å². The molecule has 1 atom stereocenters. The van der Waals surface area contributed by atoms with Crippen LogP contribution in [0.25, 0.3) is 0 Å². The van der Waals surface area contributed by atoms with Crippen LogP contribution in [0.15, 0.2) is 18.3 Å². The minimum Gasteiger partial charge on any atom is -0.395 e. The Morgan fingerprint density at radius 1 is 1.50 bits per heavy atom. The van der Waals surface area contributed by atoms with Crippen LogP contribution in [0.1, 0.15) is 13.3 Å². The maximum atomic E-state index is 8.87. The second kappa shape index (κ2) is 7.89. The number of hydrogen-bond donors (Lipinski definition) is 2. The topological polar surface area (TPSA) is 57.6 Å². The van der Waals surface area contributed by atoms with E-state index in [-0.39, 0.29) is 12.6 Å². The summed E-state index contributed by atoms with van der Waals surface area (Å²) in [5.41, 5.74) is 0.995. The largest absolute Gasteiger partial charge is 0.395 e. The van der Waals surface area contributed by atoms with E-state index in [9.17, 15) is 0 Å². The SMILES string of the molecule is CCC(COC)Nc1ccc(N(C)CCO)cn1. The second-order valence-corrected chi connectivity index (χ2v) is 4.25. The van der Waals surface area contributed by atoms with Gasteiger partial charge in [0.15, 0.2) is 0 Å². The molecule has 5 nitrogen and oxygen atoms in total. The highest BCUT2D eigenvalue weighted by Crippen LogP contribution is 2.14. The molecule has 0 aliphatic carbocycles. The first-order valence-electron chi connectivity index (χ1n) is 6.24. The molecule has 0 amide bonds. The summed E-state index contributed by atoms with van der Waals surface area (Å²) in [5, 5.41) is 12.2. The molecule has 1 aromatic rings. The van der Waals surface area contributed by atoms with E-state index in [1.54, 1.807) is 13.3 Å². The summed E-state index contributed by atoms with van der Waals surface area (Å²) >= 11 is 0. The molecule has 102 valence electrons. The number of aromatic nitrogens is 1. The standard InChI is InChI=1S/C13H23N3O2/c1-4-11(10-18-3)15-13-6-5-12(9-14-13)16(2)7-8-17/h5-6,9,11,17H,4,7-8,10H2,1-3H3,(H,14,15). The smallest absolute Gasteiger partial charge is 0.126 e. The molecule has 0 saturated carbocycles. The average molecular weight is 253 g/mol. The lowest BCUT2D eigenvalue weighted by Gasteiger charge is -2.19. The van der Waals surface area contributed by atoms with Crippen molar-refractivity contribution in [1.82, 2.24) is 4.98 Å². The van der Waals surface area contributed by atoms with Crippen LogP contribution in [0.2, 0.25) is 0 Å². The highest BCUT2D eigenvalue weighted by molar-refractivity contribution is 5.49. The third-order valence-corrected chi connectivity index (χ3v) is 2.84. The average Bonchev–Trinajstić information content (AvgIpc) is 2.39. The van der Waals surface area contributed by atoms with Gasteiger partial charge in [-0.3, -0.25) is 0 Å². The molecule has 0 saturated heterocycles. The monoisotopic (exact) mass is 253 g/mol. The van der Waals surface area contributed by atoms with Gasteiger partial charge in [0, 0.05) is 20.7 Å². The Hall–Kier alpha value is -1.33. The summed E-state index contributed by atoms with van der Waals surface area (Å²) in [7, 11) is 3.63. The summed E-state index contributed by atoms with van der Waals surface area (Å²) in [6, 6.07) is 4.22. The van der Waals surface area contributed by atoms with Gasteiger partial charge < -0.3 is 20.1 Å². The van der Waals surface area contributed by atoms with Gasteiger partial charge in [-0.1, -0.05) is 6.92 Å². The van der Waals surface area contributed by atoms with Crippen LogP contribution in [0, 0.1) is 0 Å². The van der Waals surface area contributed by atoms with E-state index in [0.717, 1.165) is 17.9 Å². The van der Waals surface area contributed by atoms with Gasteiger partial charge in [-0.15, -0.1) is 0 Å². The molecule has 0 spiro atoms. The number of methoxy groups -OCH3 is 1. The Kier molecular flexibility index (Phi) is 6.46. The second-order valence-electron chi connectivity index (χ2n) is 4.25. The molecule has 2 N–H and O–H groups in total. The number of nitrogens with zero attached hydrogens (tertiary/aromatic N) is 2. The molecule has 1 aromatic heterocycles. The van der Waals surface area contributed by atoms with E-state index >= 15 is 0 Å². The predicted octanol–water partition coefficient (Wildman–Crippen LogP) is 1.35. The number of rotatable bonds is 8. The summed E-state index contributed by atoms with van der Waals surface area (Å²) in [5.74, 6) is 0.847. The normalized spacial score (nSPS) is 12.2. The van der Waals surface area contributed by atoms with Crippen LogP contribution in [-0.2, 0) is 4.74 Å².